The standard InChI is InChI=1S/C12H15ClO3/c1-15-6-7-16-9-12(14)8-10-2-4-11(13)5-3-10/h2-5H,6-9H2,1H3. The van der Waals surface area contributed by atoms with Crippen LogP contribution in [0.15, 0.2) is 24.3 Å². The van der Waals surface area contributed by atoms with Gasteiger partial charge in [0.25, 0.3) is 0 Å². The van der Waals surface area contributed by atoms with Gasteiger partial charge in [0.2, 0.25) is 0 Å². The monoisotopic (exact) mass is 242 g/mol. The molecule has 0 unspecified atom stereocenters. The van der Waals surface area contributed by atoms with E-state index in [0.717, 1.165) is 5.56 Å². The maximum atomic E-state index is 11.5. The van der Waals surface area contributed by atoms with Gasteiger partial charge in [0.1, 0.15) is 6.61 Å². The van der Waals surface area contributed by atoms with Crippen molar-refractivity contribution in [2.75, 3.05) is 26.9 Å². The molecule has 0 bridgehead atoms. The minimum Gasteiger partial charge on any atom is -0.382 e. The van der Waals surface area contributed by atoms with Crippen LogP contribution in [0.5, 0.6) is 0 Å². The van der Waals surface area contributed by atoms with Gasteiger partial charge < -0.3 is 9.47 Å². The maximum absolute atomic E-state index is 11.5. The van der Waals surface area contributed by atoms with Crippen LogP contribution in [-0.4, -0.2) is 32.7 Å². The second-order valence-electron chi connectivity index (χ2n) is 3.39. The second kappa shape index (κ2) is 7.39. The summed E-state index contributed by atoms with van der Waals surface area (Å²) in [4.78, 5) is 11.5. The van der Waals surface area contributed by atoms with Gasteiger partial charge in [-0.05, 0) is 17.7 Å². The first-order valence-corrected chi connectivity index (χ1v) is 5.43. The quantitative estimate of drug-likeness (QED) is 0.687. The van der Waals surface area contributed by atoms with Crippen molar-refractivity contribution in [3.63, 3.8) is 0 Å². The van der Waals surface area contributed by atoms with Gasteiger partial charge in [-0.2, -0.15) is 0 Å². The molecule has 0 saturated carbocycles. The highest BCUT2D eigenvalue weighted by Crippen LogP contribution is 2.10. The van der Waals surface area contributed by atoms with Gasteiger partial charge in [-0.15, -0.1) is 0 Å². The lowest BCUT2D eigenvalue weighted by atomic mass is 10.1. The molecule has 0 aliphatic heterocycles. The molecule has 0 aliphatic rings. The van der Waals surface area contributed by atoms with E-state index in [9.17, 15) is 4.79 Å². The van der Waals surface area contributed by atoms with E-state index < -0.39 is 0 Å². The number of ketones is 1. The smallest absolute Gasteiger partial charge is 0.162 e. The zero-order chi connectivity index (χ0) is 11.8. The van der Waals surface area contributed by atoms with Crippen LogP contribution in [0.2, 0.25) is 5.02 Å². The summed E-state index contributed by atoms with van der Waals surface area (Å²) >= 11 is 5.74. The van der Waals surface area contributed by atoms with Crippen molar-refractivity contribution in [3.05, 3.63) is 34.9 Å². The van der Waals surface area contributed by atoms with Crippen LogP contribution >= 0.6 is 11.6 Å². The predicted molar refractivity (Wildman–Crippen MR) is 62.9 cm³/mol. The number of carbonyl (C=O) groups excluding carboxylic acids is 1. The zero-order valence-electron chi connectivity index (χ0n) is 9.24. The van der Waals surface area contributed by atoms with Crippen molar-refractivity contribution in [1.82, 2.24) is 0 Å². The van der Waals surface area contributed by atoms with Crippen molar-refractivity contribution in [1.29, 1.82) is 0 Å². The molecule has 88 valence electrons. The molecular formula is C12H15ClO3. The number of methoxy groups -OCH3 is 1. The predicted octanol–water partition coefficient (Wildman–Crippen LogP) is 2.11. The SMILES string of the molecule is COCCOCC(=O)Cc1ccc(Cl)cc1. The number of halogens is 1. The van der Waals surface area contributed by atoms with Gasteiger partial charge in [-0.25, -0.2) is 0 Å². The van der Waals surface area contributed by atoms with Crippen LogP contribution in [0.4, 0.5) is 0 Å². The highest BCUT2D eigenvalue weighted by atomic mass is 35.5. The first-order valence-electron chi connectivity index (χ1n) is 5.05. The molecular weight excluding hydrogens is 228 g/mol. The lowest BCUT2D eigenvalue weighted by molar-refractivity contribution is -0.123. The Morgan fingerprint density at radius 3 is 2.56 bits per heavy atom. The van der Waals surface area contributed by atoms with Crippen LogP contribution in [0.3, 0.4) is 0 Å². The molecule has 0 N–H and O–H groups in total. The molecule has 0 atom stereocenters. The summed E-state index contributed by atoms with van der Waals surface area (Å²) < 4.78 is 9.94. The van der Waals surface area contributed by atoms with E-state index in [0.29, 0.717) is 24.7 Å². The number of carbonyl (C=O) groups is 1. The molecule has 0 saturated heterocycles. The molecule has 1 aromatic carbocycles. The van der Waals surface area contributed by atoms with Gasteiger partial charge in [0, 0.05) is 18.6 Å². The number of benzene rings is 1. The summed E-state index contributed by atoms with van der Waals surface area (Å²) in [6, 6.07) is 7.23. The van der Waals surface area contributed by atoms with Gasteiger partial charge in [-0.3, -0.25) is 4.79 Å². The molecule has 0 amide bonds. The fourth-order valence-corrected chi connectivity index (χ4v) is 1.34. The van der Waals surface area contributed by atoms with E-state index in [4.69, 9.17) is 21.1 Å². The van der Waals surface area contributed by atoms with E-state index in [1.807, 2.05) is 12.1 Å². The first-order chi connectivity index (χ1) is 7.72. The number of hydrogen-bond acceptors (Lipinski definition) is 3. The first kappa shape index (κ1) is 13.2. The van der Waals surface area contributed by atoms with Gasteiger partial charge in [0.15, 0.2) is 5.78 Å². The third-order valence-electron chi connectivity index (χ3n) is 2.01. The van der Waals surface area contributed by atoms with Gasteiger partial charge in [-0.1, -0.05) is 23.7 Å². The topological polar surface area (TPSA) is 35.5 Å². The highest BCUT2D eigenvalue weighted by molar-refractivity contribution is 6.30. The van der Waals surface area contributed by atoms with E-state index in [2.05, 4.69) is 0 Å². The third kappa shape index (κ3) is 5.26. The summed E-state index contributed by atoms with van der Waals surface area (Å²) in [6.07, 6.45) is 0.379. The van der Waals surface area contributed by atoms with Crippen LogP contribution in [-0.2, 0) is 20.7 Å². The van der Waals surface area contributed by atoms with Gasteiger partial charge >= 0.3 is 0 Å². The van der Waals surface area contributed by atoms with Gasteiger partial charge in [0.05, 0.1) is 13.2 Å². The van der Waals surface area contributed by atoms with Crippen LogP contribution < -0.4 is 0 Å². The molecule has 0 radical (unpaired) electrons. The highest BCUT2D eigenvalue weighted by Gasteiger charge is 2.03. The summed E-state index contributed by atoms with van der Waals surface area (Å²) in [5, 5.41) is 0.674. The van der Waals surface area contributed by atoms with Crippen molar-refractivity contribution in [3.8, 4) is 0 Å². The number of ether oxygens (including phenoxy) is 2. The normalized spacial score (nSPS) is 10.4. The Morgan fingerprint density at radius 1 is 1.25 bits per heavy atom. The van der Waals surface area contributed by atoms with Crippen molar-refractivity contribution in [2.24, 2.45) is 0 Å². The molecule has 0 aromatic heterocycles. The Hall–Kier alpha value is -0.900. The minimum atomic E-state index is 0.0541. The van der Waals surface area contributed by atoms with Crippen molar-refractivity contribution < 1.29 is 14.3 Å². The average molecular weight is 243 g/mol. The lowest BCUT2D eigenvalue weighted by Crippen LogP contribution is -2.13. The fourth-order valence-electron chi connectivity index (χ4n) is 1.21. The number of hydrogen-bond donors (Lipinski definition) is 0. The second-order valence-corrected chi connectivity index (χ2v) is 3.82. The van der Waals surface area contributed by atoms with E-state index in [-0.39, 0.29) is 12.4 Å². The Bertz CT molecular complexity index is 322. The largest absolute Gasteiger partial charge is 0.382 e. The van der Waals surface area contributed by atoms with E-state index in [1.54, 1.807) is 19.2 Å². The summed E-state index contributed by atoms with van der Waals surface area (Å²) in [5.41, 5.74) is 0.949. The van der Waals surface area contributed by atoms with Crippen LogP contribution in [0, 0.1) is 0 Å². The molecule has 1 aromatic rings. The zero-order valence-corrected chi connectivity index (χ0v) is 10.00. The minimum absolute atomic E-state index is 0.0541. The Morgan fingerprint density at radius 2 is 1.94 bits per heavy atom. The van der Waals surface area contributed by atoms with E-state index >= 15 is 0 Å². The molecule has 0 heterocycles. The Labute approximate surface area is 100 Å². The summed E-state index contributed by atoms with van der Waals surface area (Å²) in [5.74, 6) is 0.0541. The molecule has 0 spiro atoms. The number of Topliss-reactive ketones (excluding diaryl/α,β-unsaturated/α-hetero) is 1. The van der Waals surface area contributed by atoms with E-state index in [1.165, 1.54) is 0 Å². The average Bonchev–Trinajstić information content (AvgIpc) is 2.28. The summed E-state index contributed by atoms with van der Waals surface area (Å²) in [7, 11) is 1.60. The molecule has 3 nitrogen and oxygen atoms in total. The van der Waals surface area contributed by atoms with Crippen molar-refractivity contribution >= 4 is 17.4 Å². The fraction of sp³-hybridized carbons (Fsp3) is 0.417. The Kier molecular flexibility index (Phi) is 6.08. The number of rotatable bonds is 7. The molecule has 16 heavy (non-hydrogen) atoms. The summed E-state index contributed by atoms with van der Waals surface area (Å²) in [6.45, 7) is 1.09. The molecule has 0 fully saturated rings. The maximum Gasteiger partial charge on any atom is 0.162 e. The molecule has 0 aliphatic carbocycles. The lowest BCUT2D eigenvalue weighted by Gasteiger charge is -2.03. The third-order valence-corrected chi connectivity index (χ3v) is 2.26. The van der Waals surface area contributed by atoms with Crippen LogP contribution in [0.1, 0.15) is 5.56 Å². The molecule has 1 rings (SSSR count). The van der Waals surface area contributed by atoms with Crippen LogP contribution in [0.25, 0.3) is 0 Å². The molecule has 4 heteroatoms. The Balaban J connectivity index is 2.26. The van der Waals surface area contributed by atoms with Crippen molar-refractivity contribution in [2.45, 2.75) is 6.42 Å².